The van der Waals surface area contributed by atoms with Crippen molar-refractivity contribution in [1.29, 1.82) is 0 Å². The van der Waals surface area contributed by atoms with Crippen molar-refractivity contribution in [2.24, 2.45) is 0 Å². The van der Waals surface area contributed by atoms with Crippen molar-refractivity contribution in [3.05, 3.63) is 76.2 Å². The lowest BCUT2D eigenvalue weighted by atomic mass is 10.2. The number of aryl methyl sites for hydroxylation is 2. The first-order valence-electron chi connectivity index (χ1n) is 7.48. The van der Waals surface area contributed by atoms with Gasteiger partial charge in [-0.25, -0.2) is 8.75 Å². The van der Waals surface area contributed by atoms with Crippen molar-refractivity contribution in [1.82, 2.24) is 8.94 Å². The largest absolute Gasteiger partial charge is 0.416 e. The zero-order chi connectivity index (χ0) is 17.9. The maximum Gasteiger partial charge on any atom is 0.416 e. The van der Waals surface area contributed by atoms with E-state index in [-0.39, 0.29) is 5.69 Å². The second-order valence-corrected chi connectivity index (χ2v) is 6.34. The third kappa shape index (κ3) is 4.48. The van der Waals surface area contributed by atoms with E-state index in [1.165, 1.54) is 16.1 Å². The summed E-state index contributed by atoms with van der Waals surface area (Å²) in [5.41, 5.74) is 0.451. The summed E-state index contributed by atoms with van der Waals surface area (Å²) in [5.74, 6) is 0. The molecular formula is C17H14F3N3OS. The summed E-state index contributed by atoms with van der Waals surface area (Å²) < 4.78 is 39.2. The molecule has 0 bridgehead atoms. The summed E-state index contributed by atoms with van der Waals surface area (Å²) in [5, 5.41) is 3.21. The van der Waals surface area contributed by atoms with Crippen molar-refractivity contribution >= 4 is 22.4 Å². The molecule has 2 aromatic carbocycles. The fourth-order valence-electron chi connectivity index (χ4n) is 2.24. The second kappa shape index (κ2) is 7.10. The molecule has 25 heavy (non-hydrogen) atoms. The Kier molecular flexibility index (Phi) is 4.89. The molecule has 3 rings (SSSR count). The molecular weight excluding hydrogens is 351 g/mol. The van der Waals surface area contributed by atoms with Gasteiger partial charge in [0.25, 0.3) is 0 Å². The highest BCUT2D eigenvalue weighted by Gasteiger charge is 2.29. The van der Waals surface area contributed by atoms with Crippen LogP contribution in [0, 0.1) is 0 Å². The minimum atomic E-state index is -4.37. The highest BCUT2D eigenvalue weighted by Crippen LogP contribution is 2.30. The average molecular weight is 365 g/mol. The topological polar surface area (TPSA) is 46.9 Å². The van der Waals surface area contributed by atoms with Gasteiger partial charge >= 0.3 is 11.9 Å². The predicted molar refractivity (Wildman–Crippen MR) is 91.2 cm³/mol. The number of nitrogens with zero attached hydrogens (tertiary/aromatic N) is 2. The Morgan fingerprint density at radius 1 is 1.04 bits per heavy atom. The van der Waals surface area contributed by atoms with Crippen LogP contribution < -0.4 is 11.0 Å². The molecule has 8 heteroatoms. The zero-order valence-electron chi connectivity index (χ0n) is 13.0. The van der Waals surface area contributed by atoms with Gasteiger partial charge in [0, 0.05) is 12.2 Å². The summed E-state index contributed by atoms with van der Waals surface area (Å²) in [4.78, 5) is 15.8. The number of hydrogen-bond acceptors (Lipinski definition) is 4. The number of alkyl halides is 3. The van der Waals surface area contributed by atoms with E-state index in [1.54, 1.807) is 0 Å². The Balaban J connectivity index is 1.67. The highest BCUT2D eigenvalue weighted by molar-refractivity contribution is 7.10. The Hall–Kier alpha value is -2.61. The van der Waals surface area contributed by atoms with E-state index < -0.39 is 11.7 Å². The molecule has 0 unspecified atom stereocenters. The van der Waals surface area contributed by atoms with E-state index in [4.69, 9.17) is 0 Å². The monoisotopic (exact) mass is 365 g/mol. The summed E-state index contributed by atoms with van der Waals surface area (Å²) in [6.45, 7) is 0.495. The van der Waals surface area contributed by atoms with E-state index >= 15 is 0 Å². The molecule has 0 atom stereocenters. The summed E-state index contributed by atoms with van der Waals surface area (Å²) in [6.07, 6.45) is -3.68. The molecule has 1 aromatic heterocycles. The maximum absolute atomic E-state index is 12.6. The van der Waals surface area contributed by atoms with Gasteiger partial charge in [0.1, 0.15) is 0 Å². The smallest absolute Gasteiger partial charge is 0.330 e. The van der Waals surface area contributed by atoms with Gasteiger partial charge in [-0.15, -0.1) is 0 Å². The third-order valence-electron chi connectivity index (χ3n) is 3.52. The molecule has 4 nitrogen and oxygen atoms in total. The minimum Gasteiger partial charge on any atom is -0.330 e. The molecule has 0 saturated carbocycles. The molecule has 0 fully saturated rings. The number of hydrogen-bond donors (Lipinski definition) is 1. The zero-order valence-corrected chi connectivity index (χ0v) is 13.8. The fourth-order valence-corrected chi connectivity index (χ4v) is 3.03. The quantitative estimate of drug-likeness (QED) is 0.733. The second-order valence-electron chi connectivity index (χ2n) is 5.33. The molecule has 1 heterocycles. The van der Waals surface area contributed by atoms with E-state index in [1.807, 2.05) is 30.3 Å². The van der Waals surface area contributed by atoms with Crippen LogP contribution in [0.25, 0.3) is 0 Å². The van der Waals surface area contributed by atoms with E-state index in [0.29, 0.717) is 23.8 Å². The lowest BCUT2D eigenvalue weighted by Crippen LogP contribution is -2.16. The molecule has 0 radical (unpaired) electrons. The molecule has 0 aliphatic carbocycles. The van der Waals surface area contributed by atoms with Crippen molar-refractivity contribution in [2.45, 2.75) is 19.1 Å². The number of aromatic nitrogens is 2. The van der Waals surface area contributed by atoms with Crippen molar-refractivity contribution < 1.29 is 13.2 Å². The molecule has 0 aliphatic heterocycles. The molecule has 0 saturated heterocycles. The van der Waals surface area contributed by atoms with Gasteiger partial charge in [-0.3, -0.25) is 0 Å². The molecule has 3 aromatic rings. The predicted octanol–water partition coefficient (Wildman–Crippen LogP) is 4.31. The number of halogens is 3. The van der Waals surface area contributed by atoms with Gasteiger partial charge in [-0.1, -0.05) is 30.3 Å². The lowest BCUT2D eigenvalue weighted by Gasteiger charge is -2.07. The van der Waals surface area contributed by atoms with Crippen LogP contribution in [0.5, 0.6) is 0 Å². The Bertz CT molecular complexity index is 886. The molecule has 0 aliphatic rings. The lowest BCUT2D eigenvalue weighted by molar-refractivity contribution is -0.137. The van der Waals surface area contributed by atoms with Crippen LogP contribution >= 0.6 is 11.5 Å². The highest BCUT2D eigenvalue weighted by atomic mass is 32.1. The van der Waals surface area contributed by atoms with Crippen molar-refractivity contribution in [3.63, 3.8) is 0 Å². The SMILES string of the molecule is O=c1nc(Nc2ccc(C(F)(F)F)cc2)sn1CCc1ccccc1. The number of anilines is 2. The molecule has 0 amide bonds. The Morgan fingerprint density at radius 3 is 2.36 bits per heavy atom. The molecule has 0 spiro atoms. The van der Waals surface area contributed by atoms with Gasteiger partial charge < -0.3 is 5.32 Å². The van der Waals surface area contributed by atoms with Gasteiger partial charge in [-0.05, 0) is 47.8 Å². The third-order valence-corrected chi connectivity index (χ3v) is 4.44. The maximum atomic E-state index is 12.6. The minimum absolute atomic E-state index is 0.345. The van der Waals surface area contributed by atoms with Crippen LogP contribution in [-0.4, -0.2) is 8.94 Å². The number of benzene rings is 2. The van der Waals surface area contributed by atoms with Crippen LogP contribution in [0.3, 0.4) is 0 Å². The number of nitrogens with one attached hydrogen (secondary N) is 1. The summed E-state index contributed by atoms with van der Waals surface area (Å²) in [6, 6.07) is 14.3. The first-order valence-corrected chi connectivity index (χ1v) is 8.25. The fraction of sp³-hybridized carbons (Fsp3) is 0.176. The number of rotatable bonds is 5. The van der Waals surface area contributed by atoms with Crippen LogP contribution in [-0.2, 0) is 19.1 Å². The molecule has 1 N–H and O–H groups in total. The standard InChI is InChI=1S/C17H14F3N3OS/c18-17(19,20)13-6-8-14(9-7-13)21-15-22-16(24)23(25-15)11-10-12-4-2-1-3-5-12/h1-9H,10-11H2,(H,21,22,24). The molecule has 130 valence electrons. The average Bonchev–Trinajstić information content (AvgIpc) is 2.93. The van der Waals surface area contributed by atoms with Crippen molar-refractivity contribution in [2.75, 3.05) is 5.32 Å². The van der Waals surface area contributed by atoms with Gasteiger partial charge in [0.05, 0.1) is 5.56 Å². The first-order chi connectivity index (χ1) is 11.9. The van der Waals surface area contributed by atoms with Gasteiger partial charge in [-0.2, -0.15) is 18.2 Å². The van der Waals surface area contributed by atoms with E-state index in [2.05, 4.69) is 10.3 Å². The van der Waals surface area contributed by atoms with Crippen LogP contribution in [0.15, 0.2) is 59.4 Å². The first kappa shape index (κ1) is 17.2. The van der Waals surface area contributed by atoms with E-state index in [0.717, 1.165) is 29.2 Å². The Labute approximate surface area is 145 Å². The van der Waals surface area contributed by atoms with Crippen LogP contribution in [0.2, 0.25) is 0 Å². The summed E-state index contributed by atoms with van der Waals surface area (Å²) >= 11 is 1.14. The van der Waals surface area contributed by atoms with Crippen molar-refractivity contribution in [3.8, 4) is 0 Å². The normalized spacial score (nSPS) is 11.5. The summed E-state index contributed by atoms with van der Waals surface area (Å²) in [7, 11) is 0. The van der Waals surface area contributed by atoms with Crippen LogP contribution in [0.4, 0.5) is 24.0 Å². The van der Waals surface area contributed by atoms with Gasteiger partial charge in [0.15, 0.2) is 0 Å². The Morgan fingerprint density at radius 2 is 1.72 bits per heavy atom. The van der Waals surface area contributed by atoms with Gasteiger partial charge in [0.2, 0.25) is 5.13 Å². The van der Waals surface area contributed by atoms with Crippen LogP contribution in [0.1, 0.15) is 11.1 Å². The van der Waals surface area contributed by atoms with E-state index in [9.17, 15) is 18.0 Å².